The molecule has 0 aromatic heterocycles. The number of carbonyl (C=O) groups excluding carboxylic acids is 1. The van der Waals surface area contributed by atoms with Gasteiger partial charge in [0, 0.05) is 7.05 Å². The number of thioether (sulfide) groups is 1. The molecule has 2 aromatic carbocycles. The minimum atomic E-state index is -0.183. The van der Waals surface area contributed by atoms with E-state index in [1.165, 1.54) is 11.8 Å². The fourth-order valence-electron chi connectivity index (χ4n) is 2.25. The van der Waals surface area contributed by atoms with Crippen LogP contribution >= 0.6 is 23.4 Å². The van der Waals surface area contributed by atoms with Crippen molar-refractivity contribution in [2.24, 2.45) is 10.1 Å². The molecule has 27 heavy (non-hydrogen) atoms. The predicted molar refractivity (Wildman–Crippen MR) is 112 cm³/mol. The maximum atomic E-state index is 12.2. The Morgan fingerprint density at radius 2 is 1.93 bits per heavy atom. The molecule has 1 N–H and O–H groups in total. The number of amidine groups is 1. The molecule has 0 spiro atoms. The number of ether oxygens (including phenoxy) is 1. The van der Waals surface area contributed by atoms with Crippen molar-refractivity contribution in [3.05, 3.63) is 59.6 Å². The molecule has 2 aromatic rings. The first-order chi connectivity index (χ1) is 13.0. The first-order valence-corrected chi connectivity index (χ1v) is 9.69. The Labute approximate surface area is 167 Å². The van der Waals surface area contributed by atoms with Crippen LogP contribution in [-0.2, 0) is 4.79 Å². The molecule has 0 bridgehead atoms. The van der Waals surface area contributed by atoms with Gasteiger partial charge in [-0.05, 0) is 31.2 Å². The summed E-state index contributed by atoms with van der Waals surface area (Å²) in [6, 6.07) is 16.4. The predicted octanol–water partition coefficient (Wildman–Crippen LogP) is 4.09. The fourth-order valence-corrected chi connectivity index (χ4v) is 3.11. The van der Waals surface area contributed by atoms with Gasteiger partial charge in [0.2, 0.25) is 17.0 Å². The van der Waals surface area contributed by atoms with Crippen LogP contribution in [0.25, 0.3) is 0 Å². The number of hydrogen-bond donors (Lipinski definition) is 1. The highest BCUT2D eigenvalue weighted by atomic mass is 35.5. The zero-order valence-electron chi connectivity index (χ0n) is 14.9. The van der Waals surface area contributed by atoms with E-state index >= 15 is 0 Å². The number of benzene rings is 2. The van der Waals surface area contributed by atoms with Gasteiger partial charge in [-0.2, -0.15) is 4.99 Å². The number of para-hydroxylation sites is 2. The summed E-state index contributed by atoms with van der Waals surface area (Å²) in [6.07, 6.45) is 0. The highest BCUT2D eigenvalue weighted by Gasteiger charge is 2.24. The lowest BCUT2D eigenvalue weighted by Crippen LogP contribution is -2.39. The van der Waals surface area contributed by atoms with Crippen LogP contribution in [0.1, 0.15) is 6.92 Å². The molecule has 6 nitrogen and oxygen atoms in total. The summed E-state index contributed by atoms with van der Waals surface area (Å²) in [6.45, 7) is 1.96. The van der Waals surface area contributed by atoms with E-state index in [1.807, 2.05) is 56.4 Å². The van der Waals surface area contributed by atoms with Crippen molar-refractivity contribution in [2.45, 2.75) is 13.0 Å². The lowest BCUT2D eigenvalue weighted by molar-refractivity contribution is -0.113. The summed E-state index contributed by atoms with van der Waals surface area (Å²) < 4.78 is 5.88. The molecular formula is C19H19ClN4O2S. The number of aliphatic imine (C=N–C) groups is 1. The molecular weight excluding hydrogens is 384 g/mol. The lowest BCUT2D eigenvalue weighted by atomic mass is 10.3. The Bertz CT molecular complexity index is 873. The Hall–Kier alpha value is -2.51. The van der Waals surface area contributed by atoms with Crippen molar-refractivity contribution >= 4 is 46.0 Å². The van der Waals surface area contributed by atoms with Crippen molar-refractivity contribution in [3.63, 3.8) is 0 Å². The molecule has 1 heterocycles. The number of nitrogens with zero attached hydrogens (tertiary/aromatic N) is 3. The van der Waals surface area contributed by atoms with E-state index in [1.54, 1.807) is 17.1 Å². The number of hydrazone groups is 1. The second-order valence-corrected chi connectivity index (χ2v) is 7.16. The van der Waals surface area contributed by atoms with E-state index in [0.29, 0.717) is 27.5 Å². The third-order valence-corrected chi connectivity index (χ3v) is 4.98. The van der Waals surface area contributed by atoms with Crippen LogP contribution in [0.4, 0.5) is 5.69 Å². The Balaban J connectivity index is 1.62. The third-order valence-electron chi connectivity index (χ3n) is 3.81. The Morgan fingerprint density at radius 1 is 1.22 bits per heavy atom. The van der Waals surface area contributed by atoms with Crippen LogP contribution in [0.2, 0.25) is 5.02 Å². The number of amides is 1. The van der Waals surface area contributed by atoms with Gasteiger partial charge in [0.25, 0.3) is 0 Å². The largest absolute Gasteiger partial charge is 0.441 e. The van der Waals surface area contributed by atoms with Gasteiger partial charge in [0.05, 0.1) is 16.5 Å². The van der Waals surface area contributed by atoms with E-state index in [-0.39, 0.29) is 17.7 Å². The van der Waals surface area contributed by atoms with Gasteiger partial charge < -0.3 is 10.1 Å². The standard InChI is InChI=1S/C19H19ClN4O2S/c1-13-18(26-14-8-4-3-5-9-14)22-19(23-24(13)2)27-12-17(25)21-16-11-7-6-10-15(16)20/h3-11,13H,12H2,1-2H3,(H,21,25). The highest BCUT2D eigenvalue weighted by Crippen LogP contribution is 2.22. The smallest absolute Gasteiger partial charge is 0.234 e. The van der Waals surface area contributed by atoms with Crippen LogP contribution in [0.5, 0.6) is 5.75 Å². The average Bonchev–Trinajstić information content (AvgIpc) is 2.66. The summed E-state index contributed by atoms with van der Waals surface area (Å²) in [4.78, 5) is 16.7. The van der Waals surface area contributed by atoms with Gasteiger partial charge in [0.1, 0.15) is 11.8 Å². The van der Waals surface area contributed by atoms with Gasteiger partial charge in [-0.25, -0.2) is 0 Å². The number of halogens is 1. The average molecular weight is 403 g/mol. The molecule has 0 saturated carbocycles. The molecule has 3 rings (SSSR count). The summed E-state index contributed by atoms with van der Waals surface area (Å²) in [5.41, 5.74) is 0.581. The molecule has 0 fully saturated rings. The van der Waals surface area contributed by atoms with Crippen LogP contribution in [0.15, 0.2) is 64.7 Å². The lowest BCUT2D eigenvalue weighted by Gasteiger charge is -2.27. The fraction of sp³-hybridized carbons (Fsp3) is 0.211. The Morgan fingerprint density at radius 3 is 2.67 bits per heavy atom. The molecule has 0 aliphatic carbocycles. The molecule has 1 amide bonds. The number of likely N-dealkylation sites (N-methyl/N-ethyl adjacent to an activating group) is 1. The van der Waals surface area contributed by atoms with Crippen LogP contribution in [-0.4, -0.2) is 40.8 Å². The molecule has 0 radical (unpaired) electrons. The van der Waals surface area contributed by atoms with Crippen molar-refractivity contribution in [3.8, 4) is 5.75 Å². The maximum Gasteiger partial charge on any atom is 0.234 e. The number of carbonyl (C=O) groups is 1. The number of rotatable bonds is 4. The van der Waals surface area contributed by atoms with Gasteiger partial charge in [-0.3, -0.25) is 9.80 Å². The topological polar surface area (TPSA) is 66.3 Å². The van der Waals surface area contributed by atoms with E-state index in [0.717, 1.165) is 0 Å². The number of hydrogen-bond acceptors (Lipinski definition) is 6. The minimum Gasteiger partial charge on any atom is -0.441 e. The Kier molecular flexibility index (Phi) is 6.36. The van der Waals surface area contributed by atoms with Crippen molar-refractivity contribution in [1.29, 1.82) is 0 Å². The van der Waals surface area contributed by atoms with Crippen LogP contribution < -0.4 is 10.1 Å². The van der Waals surface area contributed by atoms with Crippen LogP contribution in [0.3, 0.4) is 0 Å². The van der Waals surface area contributed by atoms with Gasteiger partial charge >= 0.3 is 0 Å². The van der Waals surface area contributed by atoms with Crippen molar-refractivity contribution in [2.75, 3.05) is 18.1 Å². The molecule has 0 saturated heterocycles. The molecule has 8 heteroatoms. The summed E-state index contributed by atoms with van der Waals surface area (Å²) >= 11 is 7.29. The second-order valence-electron chi connectivity index (χ2n) is 5.81. The maximum absolute atomic E-state index is 12.2. The van der Waals surface area contributed by atoms with Crippen molar-refractivity contribution in [1.82, 2.24) is 5.01 Å². The monoisotopic (exact) mass is 402 g/mol. The molecule has 1 unspecified atom stereocenters. The second kappa shape index (κ2) is 8.92. The molecule has 1 aliphatic rings. The third kappa shape index (κ3) is 5.24. The number of nitrogens with one attached hydrogen (secondary N) is 1. The normalized spacial score (nSPS) is 16.4. The van der Waals surface area contributed by atoms with E-state index < -0.39 is 0 Å². The van der Waals surface area contributed by atoms with E-state index in [2.05, 4.69) is 15.4 Å². The molecule has 1 aliphatic heterocycles. The van der Waals surface area contributed by atoms with Gasteiger partial charge in [0.15, 0.2) is 0 Å². The van der Waals surface area contributed by atoms with E-state index in [4.69, 9.17) is 16.3 Å². The number of anilines is 1. The SMILES string of the molecule is CC1C(Oc2ccccc2)=NC(SCC(=O)Nc2ccccc2Cl)=NN1C. The summed E-state index contributed by atoms with van der Waals surface area (Å²) in [5.74, 6) is 1.22. The van der Waals surface area contributed by atoms with Crippen LogP contribution in [0, 0.1) is 0 Å². The first-order valence-electron chi connectivity index (χ1n) is 8.33. The zero-order chi connectivity index (χ0) is 19.2. The molecule has 1 atom stereocenters. The summed E-state index contributed by atoms with van der Waals surface area (Å²) in [5, 5.41) is 9.90. The quantitative estimate of drug-likeness (QED) is 0.836. The van der Waals surface area contributed by atoms with Gasteiger partial charge in [-0.1, -0.05) is 53.7 Å². The highest BCUT2D eigenvalue weighted by molar-refractivity contribution is 8.14. The van der Waals surface area contributed by atoms with E-state index in [9.17, 15) is 4.79 Å². The minimum absolute atomic E-state index is 0.105. The van der Waals surface area contributed by atoms with Crippen molar-refractivity contribution < 1.29 is 9.53 Å². The first kappa shape index (κ1) is 19.3. The van der Waals surface area contributed by atoms with Gasteiger partial charge in [-0.15, -0.1) is 5.10 Å². The summed E-state index contributed by atoms with van der Waals surface area (Å²) in [7, 11) is 1.85. The molecule has 140 valence electrons. The zero-order valence-corrected chi connectivity index (χ0v) is 16.5.